The Morgan fingerprint density at radius 3 is 2.40 bits per heavy atom. The fourth-order valence-corrected chi connectivity index (χ4v) is 3.03. The molecule has 0 radical (unpaired) electrons. The molecule has 2 N–H and O–H groups in total. The van der Waals surface area contributed by atoms with Crippen LogP contribution in [-0.2, 0) is 9.53 Å². The minimum absolute atomic E-state index is 0.0742. The molecule has 0 aromatic rings. The second-order valence-electron chi connectivity index (χ2n) is 6.74. The van der Waals surface area contributed by atoms with Crippen molar-refractivity contribution in [1.82, 2.24) is 4.90 Å². The maximum atomic E-state index is 11.7. The summed E-state index contributed by atoms with van der Waals surface area (Å²) in [7, 11) is 1.90. The van der Waals surface area contributed by atoms with Crippen LogP contribution in [0.15, 0.2) is 0 Å². The van der Waals surface area contributed by atoms with E-state index in [1.807, 2.05) is 18.9 Å². The third kappa shape index (κ3) is 5.77. The molecular formula is C15H29NO4. The largest absolute Gasteiger partial charge is 0.466 e. The zero-order chi connectivity index (χ0) is 15.4. The summed E-state index contributed by atoms with van der Waals surface area (Å²) < 4.78 is 5.03. The summed E-state index contributed by atoms with van der Waals surface area (Å²) >= 11 is 0. The van der Waals surface area contributed by atoms with E-state index in [0.717, 1.165) is 0 Å². The minimum Gasteiger partial charge on any atom is -0.466 e. The van der Waals surface area contributed by atoms with Crippen LogP contribution < -0.4 is 0 Å². The fraction of sp³-hybridized carbons (Fsp3) is 0.933. The Hall–Kier alpha value is -0.650. The molecule has 118 valence electrons. The summed E-state index contributed by atoms with van der Waals surface area (Å²) in [6, 6.07) is 0. The molecule has 1 rings (SSSR count). The van der Waals surface area contributed by atoms with Crippen LogP contribution in [0.25, 0.3) is 0 Å². The molecule has 1 fully saturated rings. The first-order valence-electron chi connectivity index (χ1n) is 7.45. The van der Waals surface area contributed by atoms with Gasteiger partial charge in [0.15, 0.2) is 0 Å². The van der Waals surface area contributed by atoms with Crippen molar-refractivity contribution in [2.75, 3.05) is 26.7 Å². The highest BCUT2D eigenvalue weighted by atomic mass is 16.5. The van der Waals surface area contributed by atoms with Crippen LogP contribution in [0.1, 0.15) is 46.5 Å². The Labute approximate surface area is 121 Å². The Balaban J connectivity index is 2.44. The molecule has 0 saturated heterocycles. The Morgan fingerprint density at radius 2 is 1.95 bits per heavy atom. The molecule has 0 atom stereocenters. The second-order valence-corrected chi connectivity index (χ2v) is 6.74. The van der Waals surface area contributed by atoms with Crippen LogP contribution in [0.2, 0.25) is 0 Å². The highest BCUT2D eigenvalue weighted by molar-refractivity contribution is 5.72. The monoisotopic (exact) mass is 287 g/mol. The number of ether oxygens (including phenoxy) is 1. The number of likely N-dealkylation sites (N-methyl/N-ethyl adjacent to an activating group) is 1. The molecule has 0 aliphatic heterocycles. The molecule has 5 heteroatoms. The smallest absolute Gasteiger partial charge is 0.308 e. The van der Waals surface area contributed by atoms with Crippen molar-refractivity contribution in [3.8, 4) is 0 Å². The summed E-state index contributed by atoms with van der Waals surface area (Å²) in [4.78, 5) is 13.6. The average Bonchev–Trinajstić information content (AvgIpc) is 2.26. The topological polar surface area (TPSA) is 70.0 Å². The Bertz CT molecular complexity index is 316. The number of nitrogens with zero attached hydrogens (tertiary/aromatic N) is 1. The van der Waals surface area contributed by atoms with Crippen LogP contribution in [0.4, 0.5) is 0 Å². The SMILES string of the molecule is CCOC(=O)C1CCC(O)(CN(C)CC(C)(C)O)CC1. The van der Waals surface area contributed by atoms with Crippen molar-refractivity contribution in [2.24, 2.45) is 5.92 Å². The third-order valence-electron chi connectivity index (χ3n) is 3.76. The molecule has 0 bridgehead atoms. The first-order valence-corrected chi connectivity index (χ1v) is 7.45. The van der Waals surface area contributed by atoms with Crippen molar-refractivity contribution in [1.29, 1.82) is 0 Å². The van der Waals surface area contributed by atoms with Crippen molar-refractivity contribution >= 4 is 5.97 Å². The van der Waals surface area contributed by atoms with Crippen molar-refractivity contribution in [3.05, 3.63) is 0 Å². The van der Waals surface area contributed by atoms with Crippen molar-refractivity contribution in [2.45, 2.75) is 57.7 Å². The molecule has 1 aliphatic rings. The van der Waals surface area contributed by atoms with Gasteiger partial charge >= 0.3 is 5.97 Å². The zero-order valence-electron chi connectivity index (χ0n) is 13.2. The first kappa shape index (κ1) is 17.4. The average molecular weight is 287 g/mol. The summed E-state index contributed by atoms with van der Waals surface area (Å²) in [5.41, 5.74) is -1.53. The Morgan fingerprint density at radius 1 is 1.40 bits per heavy atom. The summed E-state index contributed by atoms with van der Waals surface area (Å²) in [6.07, 6.45) is 2.55. The van der Waals surface area contributed by atoms with Gasteiger partial charge in [0.25, 0.3) is 0 Å². The van der Waals surface area contributed by atoms with Gasteiger partial charge in [0.05, 0.1) is 23.7 Å². The quantitative estimate of drug-likeness (QED) is 0.718. The van der Waals surface area contributed by atoms with E-state index >= 15 is 0 Å². The molecule has 0 heterocycles. The number of hydrogen-bond donors (Lipinski definition) is 2. The number of rotatable bonds is 6. The van der Waals surface area contributed by atoms with E-state index in [0.29, 0.717) is 45.4 Å². The zero-order valence-corrected chi connectivity index (χ0v) is 13.2. The van der Waals surface area contributed by atoms with Crippen LogP contribution >= 0.6 is 0 Å². The van der Waals surface area contributed by atoms with E-state index in [-0.39, 0.29) is 11.9 Å². The summed E-state index contributed by atoms with van der Waals surface area (Å²) in [5, 5.41) is 20.4. The van der Waals surface area contributed by atoms with Gasteiger partial charge < -0.3 is 19.8 Å². The van der Waals surface area contributed by atoms with Gasteiger partial charge in [-0.1, -0.05) is 0 Å². The lowest BCUT2D eigenvalue weighted by molar-refractivity contribution is -0.151. The number of aliphatic hydroxyl groups is 2. The molecular weight excluding hydrogens is 258 g/mol. The lowest BCUT2D eigenvalue weighted by atomic mass is 9.78. The lowest BCUT2D eigenvalue weighted by Crippen LogP contribution is -2.48. The predicted molar refractivity (Wildman–Crippen MR) is 77.3 cm³/mol. The number of esters is 1. The van der Waals surface area contributed by atoms with Crippen molar-refractivity contribution in [3.63, 3.8) is 0 Å². The maximum Gasteiger partial charge on any atom is 0.308 e. The van der Waals surface area contributed by atoms with Gasteiger partial charge in [-0.25, -0.2) is 0 Å². The van der Waals surface area contributed by atoms with E-state index in [9.17, 15) is 15.0 Å². The maximum absolute atomic E-state index is 11.7. The van der Waals surface area contributed by atoms with Crippen LogP contribution in [0.3, 0.4) is 0 Å². The number of hydrogen-bond acceptors (Lipinski definition) is 5. The number of carbonyl (C=O) groups excluding carboxylic acids is 1. The lowest BCUT2D eigenvalue weighted by Gasteiger charge is -2.39. The Kier molecular flexibility index (Phi) is 5.98. The highest BCUT2D eigenvalue weighted by Crippen LogP contribution is 2.33. The molecule has 0 aromatic carbocycles. The van der Waals surface area contributed by atoms with Gasteiger partial charge in [-0.05, 0) is 53.5 Å². The standard InChI is InChI=1S/C15H29NO4/c1-5-20-13(17)12-6-8-15(19,9-7-12)11-16(4)10-14(2,3)18/h12,18-19H,5-11H2,1-4H3. The van der Waals surface area contributed by atoms with Gasteiger partial charge in [-0.15, -0.1) is 0 Å². The predicted octanol–water partition coefficient (Wildman–Crippen LogP) is 1.17. The fourth-order valence-electron chi connectivity index (χ4n) is 3.03. The first-order chi connectivity index (χ1) is 9.15. The molecule has 1 saturated carbocycles. The van der Waals surface area contributed by atoms with Crippen LogP contribution in [-0.4, -0.2) is 59.0 Å². The molecule has 0 aromatic heterocycles. The molecule has 0 unspecified atom stereocenters. The van der Waals surface area contributed by atoms with E-state index in [1.165, 1.54) is 0 Å². The highest BCUT2D eigenvalue weighted by Gasteiger charge is 2.37. The van der Waals surface area contributed by atoms with E-state index in [2.05, 4.69) is 0 Å². The normalized spacial score (nSPS) is 27.6. The van der Waals surface area contributed by atoms with Gasteiger partial charge in [0.1, 0.15) is 0 Å². The van der Waals surface area contributed by atoms with Gasteiger partial charge in [0, 0.05) is 13.1 Å². The van der Waals surface area contributed by atoms with Crippen molar-refractivity contribution < 1.29 is 19.7 Å². The minimum atomic E-state index is -0.771. The van der Waals surface area contributed by atoms with E-state index < -0.39 is 11.2 Å². The summed E-state index contributed by atoms with van der Waals surface area (Å²) in [5.74, 6) is -0.214. The molecule has 0 amide bonds. The number of carbonyl (C=O) groups is 1. The van der Waals surface area contributed by atoms with Crippen LogP contribution in [0.5, 0.6) is 0 Å². The molecule has 20 heavy (non-hydrogen) atoms. The molecule has 0 spiro atoms. The second kappa shape index (κ2) is 6.87. The van der Waals surface area contributed by atoms with Gasteiger partial charge in [-0.2, -0.15) is 0 Å². The van der Waals surface area contributed by atoms with Crippen LogP contribution in [0, 0.1) is 5.92 Å². The van der Waals surface area contributed by atoms with E-state index in [1.54, 1.807) is 13.8 Å². The summed E-state index contributed by atoms with van der Waals surface area (Å²) in [6.45, 7) is 6.76. The van der Waals surface area contributed by atoms with Gasteiger partial charge in [0.2, 0.25) is 0 Å². The third-order valence-corrected chi connectivity index (χ3v) is 3.76. The molecule has 5 nitrogen and oxygen atoms in total. The van der Waals surface area contributed by atoms with E-state index in [4.69, 9.17) is 4.74 Å². The molecule has 1 aliphatic carbocycles. The van der Waals surface area contributed by atoms with Gasteiger partial charge in [-0.3, -0.25) is 4.79 Å².